The second-order valence-corrected chi connectivity index (χ2v) is 10.6. The maximum Gasteiger partial charge on any atom is 0.414 e. The molecule has 0 amide bonds. The monoisotopic (exact) mass is 728 g/mol. The van der Waals surface area contributed by atoms with Crippen molar-refractivity contribution >= 4 is 0 Å². The molecule has 40 heavy (non-hydrogen) atoms. The summed E-state index contributed by atoms with van der Waals surface area (Å²) in [5.41, 5.74) is 7.45. The minimum absolute atomic E-state index is 0. The number of aryl methyl sites for hydroxylation is 2. The number of rotatable bonds is 5. The van der Waals surface area contributed by atoms with E-state index in [2.05, 4.69) is 68.4 Å². The smallest absolute Gasteiger partial charge is 0.392 e. The molecule has 0 aliphatic carbocycles. The summed E-state index contributed by atoms with van der Waals surface area (Å²) in [6.45, 7) is 8.98. The maximum absolute atomic E-state index is 11.8. The van der Waals surface area contributed by atoms with Crippen molar-refractivity contribution in [3.8, 4) is 33.8 Å². The molecule has 215 valence electrons. The number of aromatic nitrogens is 2. The largest absolute Gasteiger partial charge is 0.414 e. The van der Waals surface area contributed by atoms with Crippen molar-refractivity contribution in [2.45, 2.75) is 59.4 Å². The Morgan fingerprint density at radius 1 is 0.775 bits per heavy atom. The molecule has 2 unspecified atom stereocenters. The van der Waals surface area contributed by atoms with Crippen LogP contribution in [0.25, 0.3) is 33.8 Å². The SMILES string of the molecule is CC(C)(C)C(O)CC(O)C(F)(F)F.Cc1c[c-]c(-c2ncc(-c3ccccc3)nc2-c2ccc(C)cc2)cc1.[Ir]. The zero-order chi connectivity index (χ0) is 28.8. The quantitative estimate of drug-likeness (QED) is 0.208. The van der Waals surface area contributed by atoms with Crippen LogP contribution in [-0.4, -0.2) is 38.6 Å². The molecule has 0 aliphatic rings. The molecule has 2 atom stereocenters. The summed E-state index contributed by atoms with van der Waals surface area (Å²) < 4.78 is 35.5. The van der Waals surface area contributed by atoms with E-state index in [1.807, 2.05) is 30.5 Å². The van der Waals surface area contributed by atoms with Crippen molar-refractivity contribution in [1.29, 1.82) is 0 Å². The average Bonchev–Trinajstić information content (AvgIpc) is 2.89. The molecule has 0 bridgehead atoms. The van der Waals surface area contributed by atoms with E-state index in [0.29, 0.717) is 0 Å². The number of nitrogens with zero attached hydrogens (tertiary/aromatic N) is 2. The summed E-state index contributed by atoms with van der Waals surface area (Å²) >= 11 is 0. The Morgan fingerprint density at radius 2 is 1.38 bits per heavy atom. The predicted octanol–water partition coefficient (Wildman–Crippen LogP) is 7.60. The van der Waals surface area contributed by atoms with Crippen LogP contribution in [0.5, 0.6) is 0 Å². The van der Waals surface area contributed by atoms with Crippen molar-refractivity contribution < 1.29 is 43.5 Å². The Balaban J connectivity index is 0.000000344. The summed E-state index contributed by atoms with van der Waals surface area (Å²) in [6, 6.07) is 28.0. The van der Waals surface area contributed by atoms with E-state index in [-0.39, 0.29) is 20.1 Å². The number of hydrogen-bond acceptors (Lipinski definition) is 4. The van der Waals surface area contributed by atoms with Gasteiger partial charge in [-0.15, -0.1) is 35.4 Å². The van der Waals surface area contributed by atoms with Crippen molar-refractivity contribution in [1.82, 2.24) is 9.97 Å². The molecule has 8 heteroatoms. The van der Waals surface area contributed by atoms with Crippen LogP contribution in [0, 0.1) is 25.3 Å². The van der Waals surface area contributed by atoms with Crippen molar-refractivity contribution in [3.63, 3.8) is 0 Å². The first kappa shape index (κ1) is 33.3. The number of alkyl halides is 3. The van der Waals surface area contributed by atoms with Crippen molar-refractivity contribution in [2.75, 3.05) is 0 Å². The standard InChI is InChI=1S/C24H19N2.C8H15F3O2.Ir/c1-17-8-12-20(13-9-17)23-24(21-14-10-18(2)11-15-21)26-22(16-25-23)19-6-4-3-5-7-19;1-7(2,3)5(12)4-6(13)8(9,10)11;/h3-12,14-16H,1-2H3;5-6,12-13H,4H2,1-3H3;/q-1;;. The van der Waals surface area contributed by atoms with Crippen LogP contribution in [-0.2, 0) is 20.1 Å². The van der Waals surface area contributed by atoms with Crippen LogP contribution in [0.2, 0.25) is 0 Å². The van der Waals surface area contributed by atoms with Gasteiger partial charge in [-0.25, -0.2) is 0 Å². The van der Waals surface area contributed by atoms with E-state index in [1.54, 1.807) is 20.8 Å². The van der Waals surface area contributed by atoms with Gasteiger partial charge < -0.3 is 15.2 Å². The molecule has 4 nitrogen and oxygen atoms in total. The van der Waals surface area contributed by atoms with Gasteiger partial charge in [-0.3, -0.25) is 4.98 Å². The van der Waals surface area contributed by atoms with E-state index in [4.69, 9.17) is 15.1 Å². The summed E-state index contributed by atoms with van der Waals surface area (Å²) in [5, 5.41) is 17.9. The number of hydrogen-bond donors (Lipinski definition) is 2. The summed E-state index contributed by atoms with van der Waals surface area (Å²) in [6.07, 6.45) is -7.08. The van der Waals surface area contributed by atoms with Gasteiger partial charge in [0.25, 0.3) is 0 Å². The van der Waals surface area contributed by atoms with E-state index >= 15 is 0 Å². The molecule has 3 aromatic carbocycles. The number of aliphatic hydroxyl groups is 2. The molecule has 0 spiro atoms. The molecule has 1 aromatic heterocycles. The number of aliphatic hydroxyl groups excluding tert-OH is 2. The van der Waals surface area contributed by atoms with Crippen LogP contribution < -0.4 is 0 Å². The van der Waals surface area contributed by atoms with Gasteiger partial charge in [0.2, 0.25) is 0 Å². The van der Waals surface area contributed by atoms with Crippen molar-refractivity contribution in [2.24, 2.45) is 5.41 Å². The fourth-order valence-electron chi connectivity index (χ4n) is 3.60. The molecule has 1 heterocycles. The molecular formula is C32H34F3IrN2O2-. The fourth-order valence-corrected chi connectivity index (χ4v) is 3.60. The minimum Gasteiger partial charge on any atom is -0.392 e. The summed E-state index contributed by atoms with van der Waals surface area (Å²) in [5.74, 6) is 0. The van der Waals surface area contributed by atoms with Gasteiger partial charge in [-0.1, -0.05) is 87.9 Å². The van der Waals surface area contributed by atoms with Gasteiger partial charge in [0, 0.05) is 44.0 Å². The average molecular weight is 728 g/mol. The molecular weight excluding hydrogens is 694 g/mol. The van der Waals surface area contributed by atoms with Gasteiger partial charge in [0.15, 0.2) is 6.10 Å². The van der Waals surface area contributed by atoms with Crippen molar-refractivity contribution in [3.05, 3.63) is 96.2 Å². The molecule has 0 aliphatic heterocycles. The predicted molar refractivity (Wildman–Crippen MR) is 149 cm³/mol. The molecule has 4 aromatic rings. The summed E-state index contributed by atoms with van der Waals surface area (Å²) in [4.78, 5) is 9.72. The third-order valence-electron chi connectivity index (χ3n) is 6.21. The Hall–Kier alpha value is -2.90. The number of benzene rings is 3. The molecule has 1 radical (unpaired) electrons. The zero-order valence-electron chi connectivity index (χ0n) is 23.1. The normalized spacial score (nSPS) is 12.9. The van der Waals surface area contributed by atoms with Crippen LogP contribution >= 0.6 is 0 Å². The first-order valence-electron chi connectivity index (χ1n) is 12.7. The Labute approximate surface area is 247 Å². The molecule has 2 N–H and O–H groups in total. The molecule has 0 saturated heterocycles. The van der Waals surface area contributed by atoms with Gasteiger partial charge >= 0.3 is 6.18 Å². The molecule has 4 rings (SSSR count). The fraction of sp³-hybridized carbons (Fsp3) is 0.312. The maximum atomic E-state index is 11.8. The first-order valence-corrected chi connectivity index (χ1v) is 12.7. The van der Waals surface area contributed by atoms with Crippen LogP contribution in [0.3, 0.4) is 0 Å². The minimum atomic E-state index is -4.65. The van der Waals surface area contributed by atoms with Gasteiger partial charge in [0.1, 0.15) is 0 Å². The van der Waals surface area contributed by atoms with Crippen LogP contribution in [0.1, 0.15) is 38.3 Å². The molecule has 0 saturated carbocycles. The molecule has 0 fully saturated rings. The van der Waals surface area contributed by atoms with E-state index < -0.39 is 30.2 Å². The first-order chi connectivity index (χ1) is 18.3. The van der Waals surface area contributed by atoms with Crippen LogP contribution in [0.4, 0.5) is 13.2 Å². The summed E-state index contributed by atoms with van der Waals surface area (Å²) in [7, 11) is 0. The Bertz CT molecular complexity index is 1320. The van der Waals surface area contributed by atoms with E-state index in [0.717, 1.165) is 33.8 Å². The topological polar surface area (TPSA) is 66.2 Å². The van der Waals surface area contributed by atoms with Gasteiger partial charge in [-0.05, 0) is 17.9 Å². The van der Waals surface area contributed by atoms with Gasteiger partial charge in [-0.2, -0.15) is 13.2 Å². The van der Waals surface area contributed by atoms with E-state index in [1.165, 1.54) is 11.1 Å². The van der Waals surface area contributed by atoms with E-state index in [9.17, 15) is 18.3 Å². The third kappa shape index (κ3) is 9.34. The zero-order valence-corrected chi connectivity index (χ0v) is 25.5. The number of halogens is 3. The Morgan fingerprint density at radius 3 is 1.90 bits per heavy atom. The second kappa shape index (κ2) is 14.1. The van der Waals surface area contributed by atoms with Crippen LogP contribution in [0.15, 0.2) is 79.0 Å². The second-order valence-electron chi connectivity index (χ2n) is 10.6. The Kier molecular flexibility index (Phi) is 11.8. The third-order valence-corrected chi connectivity index (χ3v) is 6.21. The van der Waals surface area contributed by atoms with Gasteiger partial charge in [0.05, 0.1) is 17.5 Å².